The predicted molar refractivity (Wildman–Crippen MR) is 94.1 cm³/mol. The molecule has 2 N–H and O–H groups in total. The Balaban J connectivity index is 1.53. The summed E-state index contributed by atoms with van der Waals surface area (Å²) in [5.41, 5.74) is 2.00. The summed E-state index contributed by atoms with van der Waals surface area (Å²) < 4.78 is 17.0. The first-order valence-corrected chi connectivity index (χ1v) is 8.52. The third kappa shape index (κ3) is 3.32. The van der Waals surface area contributed by atoms with Crippen LogP contribution in [-0.2, 0) is 6.54 Å². The molecule has 0 saturated carbocycles. The van der Waals surface area contributed by atoms with Crippen molar-refractivity contribution in [2.45, 2.75) is 26.4 Å². The molecular formula is C20H20N3O3+. The van der Waals surface area contributed by atoms with Gasteiger partial charge in [-0.25, -0.2) is 0 Å². The van der Waals surface area contributed by atoms with Crippen LogP contribution >= 0.6 is 0 Å². The first kappa shape index (κ1) is 16.4. The highest BCUT2D eigenvalue weighted by molar-refractivity contribution is 5.55. The van der Waals surface area contributed by atoms with E-state index in [0.29, 0.717) is 18.3 Å². The predicted octanol–water partition coefficient (Wildman–Crippen LogP) is 3.39. The van der Waals surface area contributed by atoms with Crippen molar-refractivity contribution < 1.29 is 18.6 Å². The summed E-state index contributed by atoms with van der Waals surface area (Å²) in [7, 11) is 0. The highest BCUT2D eigenvalue weighted by Gasteiger charge is 2.22. The Morgan fingerprint density at radius 1 is 1.00 bits per heavy atom. The van der Waals surface area contributed by atoms with Crippen LogP contribution in [-0.4, -0.2) is 10.2 Å². The van der Waals surface area contributed by atoms with Crippen molar-refractivity contribution in [2.75, 3.05) is 0 Å². The molecule has 6 nitrogen and oxygen atoms in total. The topological polar surface area (TPSA) is 81.8 Å². The standard InChI is InChI=1S/C20H19N3O3/c1-13-11-16(14(2)25-13)20-23-22-18(26-20)12-21-19(17-9-6-10-24-17)15-7-4-3-5-8-15/h3-11,19,21H,12H2,1-2H3/p+1/t19-/m1/s1. The van der Waals surface area contributed by atoms with E-state index in [1.807, 2.05) is 50.2 Å². The third-order valence-corrected chi connectivity index (χ3v) is 4.27. The maximum Gasteiger partial charge on any atom is 0.271 e. The van der Waals surface area contributed by atoms with E-state index in [1.54, 1.807) is 6.26 Å². The van der Waals surface area contributed by atoms with Gasteiger partial charge in [-0.15, -0.1) is 10.2 Å². The molecule has 26 heavy (non-hydrogen) atoms. The van der Waals surface area contributed by atoms with Crippen LogP contribution in [0.25, 0.3) is 11.5 Å². The minimum absolute atomic E-state index is 0.0273. The lowest BCUT2D eigenvalue weighted by atomic mass is 10.0. The zero-order valence-corrected chi connectivity index (χ0v) is 14.7. The van der Waals surface area contributed by atoms with Gasteiger partial charge in [0.15, 0.2) is 18.3 Å². The quantitative estimate of drug-likeness (QED) is 0.576. The van der Waals surface area contributed by atoms with Crippen LogP contribution in [0, 0.1) is 13.8 Å². The van der Waals surface area contributed by atoms with Crippen LogP contribution in [0.2, 0.25) is 0 Å². The Bertz CT molecular complexity index is 971. The zero-order valence-electron chi connectivity index (χ0n) is 14.7. The van der Waals surface area contributed by atoms with Crippen molar-refractivity contribution in [1.82, 2.24) is 10.2 Å². The molecule has 1 atom stereocenters. The fourth-order valence-electron chi connectivity index (χ4n) is 3.05. The van der Waals surface area contributed by atoms with Crippen LogP contribution < -0.4 is 5.32 Å². The summed E-state index contributed by atoms with van der Waals surface area (Å²) in [4.78, 5) is 0. The van der Waals surface area contributed by atoms with E-state index in [1.165, 1.54) is 0 Å². The lowest BCUT2D eigenvalue weighted by molar-refractivity contribution is -0.706. The van der Waals surface area contributed by atoms with Gasteiger partial charge in [0.2, 0.25) is 0 Å². The lowest BCUT2D eigenvalue weighted by Crippen LogP contribution is -2.84. The van der Waals surface area contributed by atoms with Gasteiger partial charge >= 0.3 is 0 Å². The number of hydrogen-bond acceptors (Lipinski definition) is 5. The molecule has 1 aromatic carbocycles. The van der Waals surface area contributed by atoms with Gasteiger partial charge in [-0.1, -0.05) is 30.3 Å². The monoisotopic (exact) mass is 350 g/mol. The highest BCUT2D eigenvalue weighted by Crippen LogP contribution is 2.25. The summed E-state index contributed by atoms with van der Waals surface area (Å²) in [6.07, 6.45) is 1.69. The normalized spacial score (nSPS) is 12.4. The van der Waals surface area contributed by atoms with Crippen molar-refractivity contribution in [1.29, 1.82) is 0 Å². The van der Waals surface area contributed by atoms with E-state index in [-0.39, 0.29) is 6.04 Å². The van der Waals surface area contributed by atoms with E-state index in [0.717, 1.165) is 28.4 Å². The number of hydrogen-bond donors (Lipinski definition) is 1. The minimum Gasteiger partial charge on any atom is -0.466 e. The first-order valence-electron chi connectivity index (χ1n) is 8.52. The number of nitrogens with zero attached hydrogens (tertiary/aromatic N) is 2. The van der Waals surface area contributed by atoms with Gasteiger partial charge in [0, 0.05) is 5.56 Å². The molecule has 4 rings (SSSR count). The average molecular weight is 350 g/mol. The summed E-state index contributed by atoms with van der Waals surface area (Å²) in [5.74, 6) is 3.53. The van der Waals surface area contributed by atoms with Crippen LogP contribution in [0.1, 0.15) is 34.8 Å². The molecule has 3 aromatic heterocycles. The van der Waals surface area contributed by atoms with Crippen molar-refractivity contribution in [2.24, 2.45) is 0 Å². The fraction of sp³-hybridized carbons (Fsp3) is 0.200. The van der Waals surface area contributed by atoms with Crippen LogP contribution in [0.4, 0.5) is 0 Å². The Labute approximate surface area is 150 Å². The molecule has 0 fully saturated rings. The highest BCUT2D eigenvalue weighted by atomic mass is 16.4. The summed E-state index contributed by atoms with van der Waals surface area (Å²) in [6.45, 7) is 4.33. The number of rotatable bonds is 6. The Morgan fingerprint density at radius 3 is 2.54 bits per heavy atom. The molecule has 0 aliphatic heterocycles. The van der Waals surface area contributed by atoms with Crippen LogP contribution in [0.3, 0.4) is 0 Å². The summed E-state index contributed by atoms with van der Waals surface area (Å²) in [5, 5.41) is 10.4. The van der Waals surface area contributed by atoms with Gasteiger partial charge in [0.25, 0.3) is 11.8 Å². The van der Waals surface area contributed by atoms with Gasteiger partial charge in [0.05, 0.1) is 11.8 Å². The fourth-order valence-corrected chi connectivity index (χ4v) is 3.05. The maximum atomic E-state index is 5.82. The van der Waals surface area contributed by atoms with Gasteiger partial charge < -0.3 is 18.6 Å². The summed E-state index contributed by atoms with van der Waals surface area (Å²) >= 11 is 0. The molecular weight excluding hydrogens is 330 g/mol. The van der Waals surface area contributed by atoms with Gasteiger partial charge in [0.1, 0.15) is 11.5 Å². The van der Waals surface area contributed by atoms with Crippen molar-refractivity contribution >= 4 is 0 Å². The van der Waals surface area contributed by atoms with Crippen LogP contribution in [0.5, 0.6) is 0 Å². The zero-order chi connectivity index (χ0) is 17.9. The van der Waals surface area contributed by atoms with Gasteiger partial charge in [-0.05, 0) is 32.0 Å². The first-order chi connectivity index (χ1) is 12.7. The van der Waals surface area contributed by atoms with Crippen LogP contribution in [0.15, 0.2) is 68.0 Å². The molecule has 0 aliphatic carbocycles. The van der Waals surface area contributed by atoms with E-state index < -0.39 is 0 Å². The van der Waals surface area contributed by atoms with Crippen molar-refractivity contribution in [3.05, 3.63) is 83.5 Å². The number of furan rings is 2. The molecule has 0 amide bonds. The van der Waals surface area contributed by atoms with Crippen molar-refractivity contribution in [3.8, 4) is 11.5 Å². The lowest BCUT2D eigenvalue weighted by Gasteiger charge is -2.12. The molecule has 0 spiro atoms. The third-order valence-electron chi connectivity index (χ3n) is 4.27. The molecule has 4 aromatic rings. The molecule has 0 saturated heterocycles. The van der Waals surface area contributed by atoms with E-state index in [9.17, 15) is 0 Å². The Hall–Kier alpha value is -3.12. The smallest absolute Gasteiger partial charge is 0.271 e. The number of benzene rings is 1. The summed E-state index contributed by atoms with van der Waals surface area (Å²) in [6, 6.07) is 16.0. The number of aryl methyl sites for hydroxylation is 2. The molecule has 0 unspecified atom stereocenters. The number of nitrogens with two attached hydrogens (primary N) is 1. The molecule has 0 radical (unpaired) electrons. The molecule has 3 heterocycles. The van der Waals surface area contributed by atoms with Crippen molar-refractivity contribution in [3.63, 3.8) is 0 Å². The second-order valence-corrected chi connectivity index (χ2v) is 6.17. The van der Waals surface area contributed by atoms with E-state index in [2.05, 4.69) is 27.6 Å². The Morgan fingerprint density at radius 2 is 1.85 bits per heavy atom. The van der Waals surface area contributed by atoms with E-state index in [4.69, 9.17) is 13.3 Å². The van der Waals surface area contributed by atoms with Gasteiger partial charge in [-0.2, -0.15) is 0 Å². The SMILES string of the molecule is Cc1cc(-c2nnc(C[NH2+][C@H](c3ccccc3)c3ccco3)o2)c(C)o1. The maximum absolute atomic E-state index is 5.82. The number of aromatic nitrogens is 2. The molecule has 132 valence electrons. The minimum atomic E-state index is 0.0273. The molecule has 6 heteroatoms. The average Bonchev–Trinajstić information content (AvgIpc) is 3.38. The second kappa shape index (κ2) is 7.01. The Kier molecular flexibility index (Phi) is 4.41. The van der Waals surface area contributed by atoms with E-state index >= 15 is 0 Å². The molecule has 0 aliphatic rings. The second-order valence-electron chi connectivity index (χ2n) is 6.17. The number of quaternary nitrogens is 1. The largest absolute Gasteiger partial charge is 0.466 e. The molecule has 0 bridgehead atoms. The van der Waals surface area contributed by atoms with Gasteiger partial charge in [-0.3, -0.25) is 0 Å².